The van der Waals surface area contributed by atoms with E-state index in [2.05, 4.69) is 11.9 Å². The van der Waals surface area contributed by atoms with Crippen LogP contribution < -0.4 is 5.32 Å². The Morgan fingerprint density at radius 1 is 1.46 bits per heavy atom. The summed E-state index contributed by atoms with van der Waals surface area (Å²) in [7, 11) is 0. The number of allylic oxidation sites excluding steroid dienone is 1. The summed E-state index contributed by atoms with van der Waals surface area (Å²) in [6, 6.07) is 0.642. The third kappa shape index (κ3) is 2.12. The first kappa shape index (κ1) is 9.22. The predicted octanol–water partition coefficient (Wildman–Crippen LogP) is 1.86. The van der Waals surface area contributed by atoms with E-state index in [0.29, 0.717) is 18.2 Å². The summed E-state index contributed by atoms with van der Waals surface area (Å²) in [4.78, 5) is 0. The fourth-order valence-corrected chi connectivity index (χ4v) is 2.39. The Balaban J connectivity index is 1.63. The van der Waals surface area contributed by atoms with Gasteiger partial charge in [-0.1, -0.05) is 6.08 Å². The summed E-state index contributed by atoms with van der Waals surface area (Å²) in [5.41, 5.74) is 0. The zero-order valence-corrected chi connectivity index (χ0v) is 8.17. The van der Waals surface area contributed by atoms with Crippen LogP contribution in [0.1, 0.15) is 32.1 Å². The van der Waals surface area contributed by atoms with Gasteiger partial charge in [0, 0.05) is 6.04 Å². The highest BCUT2D eigenvalue weighted by atomic mass is 16.5. The topological polar surface area (TPSA) is 21.3 Å². The Morgan fingerprint density at radius 3 is 3.00 bits per heavy atom. The summed E-state index contributed by atoms with van der Waals surface area (Å²) in [6.45, 7) is 4.83. The monoisotopic (exact) mass is 181 g/mol. The summed E-state index contributed by atoms with van der Waals surface area (Å²) >= 11 is 0. The van der Waals surface area contributed by atoms with E-state index in [4.69, 9.17) is 4.74 Å². The second-order valence-corrected chi connectivity index (χ2v) is 4.10. The molecule has 2 fully saturated rings. The van der Waals surface area contributed by atoms with Crippen molar-refractivity contribution in [2.24, 2.45) is 0 Å². The molecule has 0 aromatic heterocycles. The summed E-state index contributed by atoms with van der Waals surface area (Å²) < 4.78 is 5.76. The molecule has 0 amide bonds. The van der Waals surface area contributed by atoms with Gasteiger partial charge >= 0.3 is 0 Å². The Hall–Kier alpha value is -0.340. The lowest BCUT2D eigenvalue weighted by molar-refractivity contribution is 0.0974. The quantitative estimate of drug-likeness (QED) is 0.516. The molecule has 1 N–H and O–H groups in total. The van der Waals surface area contributed by atoms with Crippen LogP contribution in [-0.2, 0) is 4.74 Å². The van der Waals surface area contributed by atoms with Crippen LogP contribution in [0.4, 0.5) is 0 Å². The van der Waals surface area contributed by atoms with Gasteiger partial charge in [-0.2, -0.15) is 0 Å². The minimum Gasteiger partial charge on any atom is -0.373 e. The maximum Gasteiger partial charge on any atom is 0.0733 e. The molecule has 2 heterocycles. The summed E-state index contributed by atoms with van der Waals surface area (Å²) in [5, 5.41) is 3.58. The minimum atomic E-state index is 0.522. The maximum absolute atomic E-state index is 5.76. The first-order valence-corrected chi connectivity index (χ1v) is 5.40. The number of hydrogen-bond donors (Lipinski definition) is 1. The number of ether oxygens (including phenoxy) is 1. The standard InChI is InChI=1S/C11H19NO/c1-2-3-4-7-12-10-8-9-5-6-11(10)13-9/h2,9-12H,1,3-8H2. The molecule has 0 aliphatic carbocycles. The maximum atomic E-state index is 5.76. The van der Waals surface area contributed by atoms with Crippen molar-refractivity contribution < 1.29 is 4.74 Å². The van der Waals surface area contributed by atoms with E-state index in [1.54, 1.807) is 0 Å². The molecule has 2 nitrogen and oxygen atoms in total. The molecule has 74 valence electrons. The van der Waals surface area contributed by atoms with E-state index in [-0.39, 0.29) is 0 Å². The van der Waals surface area contributed by atoms with Crippen LogP contribution >= 0.6 is 0 Å². The molecule has 13 heavy (non-hydrogen) atoms. The van der Waals surface area contributed by atoms with Crippen molar-refractivity contribution in [1.29, 1.82) is 0 Å². The lowest BCUT2D eigenvalue weighted by Crippen LogP contribution is -2.37. The van der Waals surface area contributed by atoms with E-state index in [0.717, 1.165) is 13.0 Å². The van der Waals surface area contributed by atoms with Crippen LogP contribution in [-0.4, -0.2) is 24.8 Å². The lowest BCUT2D eigenvalue weighted by atomic mass is 9.95. The second kappa shape index (κ2) is 4.25. The first-order chi connectivity index (χ1) is 6.40. The summed E-state index contributed by atoms with van der Waals surface area (Å²) in [6.07, 6.45) is 9.19. The molecule has 2 aliphatic heterocycles. The molecule has 2 bridgehead atoms. The molecular formula is C11H19NO. The largest absolute Gasteiger partial charge is 0.373 e. The van der Waals surface area contributed by atoms with Crippen LogP contribution in [0.5, 0.6) is 0 Å². The molecule has 0 radical (unpaired) electrons. The molecule has 0 aromatic carbocycles. The van der Waals surface area contributed by atoms with Crippen LogP contribution in [0, 0.1) is 0 Å². The number of hydrogen-bond acceptors (Lipinski definition) is 2. The second-order valence-electron chi connectivity index (χ2n) is 4.10. The van der Waals surface area contributed by atoms with Crippen molar-refractivity contribution in [3.8, 4) is 0 Å². The highest BCUT2D eigenvalue weighted by molar-refractivity contribution is 4.93. The van der Waals surface area contributed by atoms with Gasteiger partial charge in [0.2, 0.25) is 0 Å². The number of fused-ring (bicyclic) bond motifs is 2. The van der Waals surface area contributed by atoms with Gasteiger partial charge in [0.15, 0.2) is 0 Å². The van der Waals surface area contributed by atoms with E-state index in [1.807, 2.05) is 6.08 Å². The smallest absolute Gasteiger partial charge is 0.0733 e. The number of rotatable bonds is 5. The fraction of sp³-hybridized carbons (Fsp3) is 0.818. The highest BCUT2D eigenvalue weighted by Crippen LogP contribution is 2.34. The van der Waals surface area contributed by atoms with Crippen molar-refractivity contribution in [2.75, 3.05) is 6.54 Å². The normalized spacial score (nSPS) is 36.8. The average Bonchev–Trinajstić information content (AvgIpc) is 2.73. The van der Waals surface area contributed by atoms with Gasteiger partial charge in [-0.3, -0.25) is 0 Å². The number of nitrogens with one attached hydrogen (secondary N) is 1. The predicted molar refractivity (Wildman–Crippen MR) is 53.7 cm³/mol. The van der Waals surface area contributed by atoms with Gasteiger partial charge < -0.3 is 10.1 Å². The van der Waals surface area contributed by atoms with Gasteiger partial charge in [-0.05, 0) is 38.6 Å². The third-order valence-electron chi connectivity index (χ3n) is 3.10. The van der Waals surface area contributed by atoms with E-state index in [9.17, 15) is 0 Å². The molecule has 2 aliphatic rings. The highest BCUT2D eigenvalue weighted by Gasteiger charge is 2.40. The lowest BCUT2D eigenvalue weighted by Gasteiger charge is -2.19. The molecule has 2 saturated heterocycles. The average molecular weight is 181 g/mol. The van der Waals surface area contributed by atoms with Gasteiger partial charge in [0.05, 0.1) is 12.2 Å². The van der Waals surface area contributed by atoms with Crippen molar-refractivity contribution in [3.05, 3.63) is 12.7 Å². The van der Waals surface area contributed by atoms with Crippen molar-refractivity contribution in [1.82, 2.24) is 5.32 Å². The molecule has 0 aromatic rings. The Kier molecular flexibility index (Phi) is 3.01. The molecule has 0 spiro atoms. The van der Waals surface area contributed by atoms with Crippen LogP contribution in [0.2, 0.25) is 0 Å². The fourth-order valence-electron chi connectivity index (χ4n) is 2.39. The molecule has 3 atom stereocenters. The molecule has 2 rings (SSSR count). The van der Waals surface area contributed by atoms with Crippen molar-refractivity contribution in [3.63, 3.8) is 0 Å². The number of unbranched alkanes of at least 4 members (excludes halogenated alkanes) is 1. The van der Waals surface area contributed by atoms with E-state index in [1.165, 1.54) is 25.7 Å². The van der Waals surface area contributed by atoms with Crippen molar-refractivity contribution >= 4 is 0 Å². The molecular weight excluding hydrogens is 162 g/mol. The van der Waals surface area contributed by atoms with Gasteiger partial charge in [-0.15, -0.1) is 6.58 Å². The van der Waals surface area contributed by atoms with E-state index >= 15 is 0 Å². The zero-order chi connectivity index (χ0) is 9.10. The van der Waals surface area contributed by atoms with Crippen LogP contribution in [0.25, 0.3) is 0 Å². The molecule has 3 unspecified atom stereocenters. The first-order valence-electron chi connectivity index (χ1n) is 5.40. The zero-order valence-electron chi connectivity index (χ0n) is 8.17. The van der Waals surface area contributed by atoms with Crippen LogP contribution in [0.3, 0.4) is 0 Å². The van der Waals surface area contributed by atoms with Crippen molar-refractivity contribution in [2.45, 2.75) is 50.4 Å². The van der Waals surface area contributed by atoms with Gasteiger partial charge in [0.25, 0.3) is 0 Å². The van der Waals surface area contributed by atoms with Gasteiger partial charge in [0.1, 0.15) is 0 Å². The minimum absolute atomic E-state index is 0.522. The van der Waals surface area contributed by atoms with Gasteiger partial charge in [-0.25, -0.2) is 0 Å². The molecule has 0 saturated carbocycles. The SMILES string of the molecule is C=CCCCNC1CC2CCC1O2. The summed E-state index contributed by atoms with van der Waals surface area (Å²) in [5.74, 6) is 0. The third-order valence-corrected chi connectivity index (χ3v) is 3.10. The molecule has 2 heteroatoms. The Labute approximate surface area is 80.4 Å². The van der Waals surface area contributed by atoms with Crippen LogP contribution in [0.15, 0.2) is 12.7 Å². The Morgan fingerprint density at radius 2 is 2.38 bits per heavy atom. The van der Waals surface area contributed by atoms with E-state index < -0.39 is 0 Å². The Bertz CT molecular complexity index is 181.